The molecular weight excluding hydrogens is 284 g/mol. The van der Waals surface area contributed by atoms with Crippen molar-refractivity contribution in [1.82, 2.24) is 5.32 Å². The van der Waals surface area contributed by atoms with Gasteiger partial charge in [-0.25, -0.2) is 0 Å². The quantitative estimate of drug-likeness (QED) is 0.836. The Morgan fingerprint density at radius 2 is 2.06 bits per heavy atom. The van der Waals surface area contributed by atoms with E-state index in [0.717, 1.165) is 5.56 Å². The van der Waals surface area contributed by atoms with Gasteiger partial charge in [0.1, 0.15) is 0 Å². The first-order valence-corrected chi connectivity index (χ1v) is 6.45. The second-order valence-electron chi connectivity index (χ2n) is 3.57. The minimum Gasteiger partial charge on any atom is -0.352 e. The molecule has 92 valence electrons. The van der Waals surface area contributed by atoms with Crippen molar-refractivity contribution in [2.24, 2.45) is 0 Å². The molecule has 2 amide bonds. The van der Waals surface area contributed by atoms with Crippen LogP contribution in [-0.2, 0) is 4.79 Å². The van der Waals surface area contributed by atoms with E-state index in [1.807, 2.05) is 19.9 Å². The van der Waals surface area contributed by atoms with Crippen LogP contribution in [0.15, 0.2) is 18.2 Å². The van der Waals surface area contributed by atoms with E-state index in [1.165, 1.54) is 0 Å². The largest absolute Gasteiger partial charge is 0.352 e. The molecule has 0 aromatic heterocycles. The van der Waals surface area contributed by atoms with E-state index in [1.54, 1.807) is 12.1 Å². The Morgan fingerprint density at radius 1 is 1.35 bits per heavy atom. The maximum atomic E-state index is 11.6. The summed E-state index contributed by atoms with van der Waals surface area (Å²) < 4.78 is 0. The molecule has 0 fully saturated rings. The Labute approximate surface area is 109 Å². The lowest BCUT2D eigenvalue weighted by molar-refractivity contribution is -0.113. The van der Waals surface area contributed by atoms with E-state index in [-0.39, 0.29) is 17.1 Å². The number of hydrogen-bond donors (Lipinski definition) is 2. The molecular formula is C12H15BrN2O2. The van der Waals surface area contributed by atoms with Crippen LogP contribution in [0.1, 0.15) is 22.8 Å². The molecule has 2 N–H and O–H groups in total. The summed E-state index contributed by atoms with van der Waals surface area (Å²) in [4.78, 5) is 22.9. The Hall–Kier alpha value is -1.36. The summed E-state index contributed by atoms with van der Waals surface area (Å²) in [6.45, 7) is 4.32. The van der Waals surface area contributed by atoms with Gasteiger partial charge in [0.15, 0.2) is 0 Å². The highest BCUT2D eigenvalue weighted by molar-refractivity contribution is 9.09. The second kappa shape index (κ2) is 6.39. The lowest BCUT2D eigenvalue weighted by atomic mass is 10.1. The predicted molar refractivity (Wildman–Crippen MR) is 71.6 cm³/mol. The van der Waals surface area contributed by atoms with Crippen molar-refractivity contribution in [3.63, 3.8) is 0 Å². The number of hydrogen-bond acceptors (Lipinski definition) is 2. The van der Waals surface area contributed by atoms with E-state index < -0.39 is 0 Å². The van der Waals surface area contributed by atoms with E-state index in [4.69, 9.17) is 0 Å². The number of aryl methyl sites for hydroxylation is 1. The van der Waals surface area contributed by atoms with Gasteiger partial charge in [0, 0.05) is 17.8 Å². The summed E-state index contributed by atoms with van der Waals surface area (Å²) in [5.41, 5.74) is 2.13. The molecule has 0 saturated heterocycles. The molecule has 0 aliphatic carbocycles. The zero-order valence-electron chi connectivity index (χ0n) is 9.84. The summed E-state index contributed by atoms with van der Waals surface area (Å²) in [6.07, 6.45) is 0. The van der Waals surface area contributed by atoms with Crippen LogP contribution < -0.4 is 10.6 Å². The van der Waals surface area contributed by atoms with Crippen molar-refractivity contribution < 1.29 is 9.59 Å². The molecule has 0 spiro atoms. The van der Waals surface area contributed by atoms with Crippen LogP contribution in [0.4, 0.5) is 5.69 Å². The van der Waals surface area contributed by atoms with E-state index >= 15 is 0 Å². The lowest BCUT2D eigenvalue weighted by Gasteiger charge is -2.09. The fourth-order valence-electron chi connectivity index (χ4n) is 1.34. The van der Waals surface area contributed by atoms with Crippen molar-refractivity contribution in [1.29, 1.82) is 0 Å². The highest BCUT2D eigenvalue weighted by atomic mass is 79.9. The molecule has 5 heteroatoms. The smallest absolute Gasteiger partial charge is 0.251 e. The molecule has 0 bridgehead atoms. The highest BCUT2D eigenvalue weighted by Crippen LogP contribution is 2.17. The van der Waals surface area contributed by atoms with Crippen LogP contribution in [0, 0.1) is 6.92 Å². The SMILES string of the molecule is CCNC(=O)c1ccc(C)c(NC(=O)CBr)c1. The van der Waals surface area contributed by atoms with Gasteiger partial charge in [0.25, 0.3) is 5.91 Å². The summed E-state index contributed by atoms with van der Waals surface area (Å²) in [7, 11) is 0. The van der Waals surface area contributed by atoms with E-state index in [9.17, 15) is 9.59 Å². The number of amides is 2. The minimum absolute atomic E-state index is 0.137. The minimum atomic E-state index is -0.138. The first kappa shape index (κ1) is 13.7. The molecule has 0 unspecified atom stereocenters. The van der Waals surface area contributed by atoms with Gasteiger partial charge < -0.3 is 10.6 Å². The first-order chi connectivity index (χ1) is 8.08. The average Bonchev–Trinajstić information content (AvgIpc) is 2.32. The highest BCUT2D eigenvalue weighted by Gasteiger charge is 2.08. The van der Waals surface area contributed by atoms with Crippen molar-refractivity contribution in [3.8, 4) is 0 Å². The maximum Gasteiger partial charge on any atom is 0.251 e. The molecule has 4 nitrogen and oxygen atoms in total. The Balaban J connectivity index is 2.93. The number of halogens is 1. The van der Waals surface area contributed by atoms with Gasteiger partial charge in [0.05, 0.1) is 5.33 Å². The Kier molecular flexibility index (Phi) is 5.15. The molecule has 1 aromatic rings. The van der Waals surface area contributed by atoms with Crippen molar-refractivity contribution in [2.75, 3.05) is 17.2 Å². The number of benzene rings is 1. The molecule has 17 heavy (non-hydrogen) atoms. The van der Waals surface area contributed by atoms with Gasteiger partial charge in [-0.1, -0.05) is 22.0 Å². The molecule has 0 aliphatic rings. The topological polar surface area (TPSA) is 58.2 Å². The Morgan fingerprint density at radius 3 is 2.65 bits per heavy atom. The van der Waals surface area contributed by atoms with Crippen LogP contribution in [0.5, 0.6) is 0 Å². The van der Waals surface area contributed by atoms with Crippen LogP contribution in [0.2, 0.25) is 0 Å². The number of carbonyl (C=O) groups is 2. The maximum absolute atomic E-state index is 11.6. The van der Waals surface area contributed by atoms with Crippen LogP contribution in [0.3, 0.4) is 0 Å². The number of carbonyl (C=O) groups excluding carboxylic acids is 2. The fourth-order valence-corrected chi connectivity index (χ4v) is 1.48. The molecule has 1 aromatic carbocycles. The molecule has 0 saturated carbocycles. The standard InChI is InChI=1S/C12H15BrN2O2/c1-3-14-12(17)9-5-4-8(2)10(6-9)15-11(16)7-13/h4-6H,3,7H2,1-2H3,(H,14,17)(H,15,16). The van der Waals surface area contributed by atoms with Crippen molar-refractivity contribution in [2.45, 2.75) is 13.8 Å². The molecule has 0 heterocycles. The van der Waals surface area contributed by atoms with Gasteiger partial charge >= 0.3 is 0 Å². The van der Waals surface area contributed by atoms with Gasteiger partial charge in [-0.3, -0.25) is 9.59 Å². The van der Waals surface area contributed by atoms with Crippen LogP contribution >= 0.6 is 15.9 Å². The average molecular weight is 299 g/mol. The third kappa shape index (κ3) is 3.85. The van der Waals surface area contributed by atoms with Gasteiger partial charge in [-0.15, -0.1) is 0 Å². The second-order valence-corrected chi connectivity index (χ2v) is 4.13. The van der Waals surface area contributed by atoms with Gasteiger partial charge in [0.2, 0.25) is 5.91 Å². The van der Waals surface area contributed by atoms with Crippen LogP contribution in [-0.4, -0.2) is 23.7 Å². The summed E-state index contributed by atoms with van der Waals surface area (Å²) in [6, 6.07) is 5.24. The molecule has 0 atom stereocenters. The summed E-state index contributed by atoms with van der Waals surface area (Å²) in [5, 5.41) is 5.68. The monoisotopic (exact) mass is 298 g/mol. The summed E-state index contributed by atoms with van der Waals surface area (Å²) in [5.74, 6) is -0.275. The third-order valence-electron chi connectivity index (χ3n) is 2.23. The van der Waals surface area contributed by atoms with Crippen LogP contribution in [0.25, 0.3) is 0 Å². The number of alkyl halides is 1. The van der Waals surface area contributed by atoms with E-state index in [0.29, 0.717) is 17.8 Å². The Bertz CT molecular complexity index is 433. The lowest BCUT2D eigenvalue weighted by Crippen LogP contribution is -2.23. The van der Waals surface area contributed by atoms with Crippen molar-refractivity contribution in [3.05, 3.63) is 29.3 Å². The number of nitrogens with one attached hydrogen (secondary N) is 2. The van der Waals surface area contributed by atoms with Crippen molar-refractivity contribution >= 4 is 33.4 Å². The normalized spacial score (nSPS) is 9.82. The molecule has 1 rings (SSSR count). The van der Waals surface area contributed by atoms with E-state index in [2.05, 4.69) is 26.6 Å². The molecule has 0 aliphatic heterocycles. The first-order valence-electron chi connectivity index (χ1n) is 5.33. The third-order valence-corrected chi connectivity index (χ3v) is 2.74. The number of rotatable bonds is 4. The van der Waals surface area contributed by atoms with Gasteiger partial charge in [-0.2, -0.15) is 0 Å². The van der Waals surface area contributed by atoms with Gasteiger partial charge in [-0.05, 0) is 31.5 Å². The number of anilines is 1. The predicted octanol–water partition coefficient (Wildman–Crippen LogP) is 2.08. The zero-order valence-corrected chi connectivity index (χ0v) is 11.4. The zero-order chi connectivity index (χ0) is 12.8. The fraction of sp³-hybridized carbons (Fsp3) is 0.333. The molecule has 0 radical (unpaired) electrons. The summed E-state index contributed by atoms with van der Waals surface area (Å²) >= 11 is 3.08.